The maximum absolute atomic E-state index is 11.4. The molecule has 0 bridgehead atoms. The van der Waals surface area contributed by atoms with Gasteiger partial charge in [-0.3, -0.25) is 4.79 Å². The summed E-state index contributed by atoms with van der Waals surface area (Å²) in [6.45, 7) is 0.802. The lowest BCUT2D eigenvalue weighted by molar-refractivity contribution is -0.120. The van der Waals surface area contributed by atoms with E-state index in [1.54, 1.807) is 7.11 Å². The van der Waals surface area contributed by atoms with E-state index < -0.39 is 0 Å². The summed E-state index contributed by atoms with van der Waals surface area (Å²) in [6.07, 6.45) is 0.433. The van der Waals surface area contributed by atoms with Gasteiger partial charge in [-0.25, -0.2) is 0 Å². The summed E-state index contributed by atoms with van der Waals surface area (Å²) in [4.78, 5) is 11.4. The molecule has 0 unspecified atom stereocenters. The van der Waals surface area contributed by atoms with Gasteiger partial charge in [-0.1, -0.05) is 35.9 Å². The summed E-state index contributed by atoms with van der Waals surface area (Å²) in [6, 6.07) is 14.9. The molecule has 0 atom stereocenters. The average Bonchev–Trinajstić information content (AvgIpc) is 2.62. The number of carbonyl (C=O) groups is 1. The van der Waals surface area contributed by atoms with Gasteiger partial charge in [0.15, 0.2) is 11.5 Å². The SMILES string of the molecule is COc1cccc(CCNC(=O)CC#N)c1OCc1ccc(Cl)cc1. The number of rotatable bonds is 8. The Morgan fingerprint density at radius 3 is 2.68 bits per heavy atom. The molecule has 0 saturated heterocycles. The molecule has 130 valence electrons. The summed E-state index contributed by atoms with van der Waals surface area (Å²) in [7, 11) is 1.59. The molecular weight excluding hydrogens is 340 g/mol. The third-order valence-electron chi connectivity index (χ3n) is 3.53. The second-order valence-electron chi connectivity index (χ2n) is 5.30. The lowest BCUT2D eigenvalue weighted by Gasteiger charge is -2.15. The van der Waals surface area contributed by atoms with Gasteiger partial charge in [-0.2, -0.15) is 5.26 Å². The number of hydrogen-bond donors (Lipinski definition) is 1. The van der Waals surface area contributed by atoms with Crippen LogP contribution in [0.25, 0.3) is 0 Å². The quantitative estimate of drug-likeness (QED) is 0.784. The first-order valence-corrected chi connectivity index (χ1v) is 8.18. The van der Waals surface area contributed by atoms with Crippen molar-refractivity contribution in [1.29, 1.82) is 5.26 Å². The Balaban J connectivity index is 2.05. The van der Waals surface area contributed by atoms with Gasteiger partial charge in [-0.15, -0.1) is 0 Å². The van der Waals surface area contributed by atoms with Crippen LogP contribution in [-0.2, 0) is 17.8 Å². The lowest BCUT2D eigenvalue weighted by Crippen LogP contribution is -2.25. The van der Waals surface area contributed by atoms with Crippen LogP contribution >= 0.6 is 11.6 Å². The molecule has 0 aliphatic rings. The molecule has 0 saturated carbocycles. The molecule has 0 aliphatic heterocycles. The molecule has 0 aromatic heterocycles. The van der Waals surface area contributed by atoms with E-state index in [0.717, 1.165) is 11.1 Å². The highest BCUT2D eigenvalue weighted by Gasteiger charge is 2.11. The first-order valence-electron chi connectivity index (χ1n) is 7.81. The lowest BCUT2D eigenvalue weighted by atomic mass is 10.1. The normalized spacial score (nSPS) is 9.96. The molecule has 2 aromatic rings. The van der Waals surface area contributed by atoms with E-state index in [9.17, 15) is 4.79 Å². The molecule has 0 spiro atoms. The number of amides is 1. The highest BCUT2D eigenvalue weighted by molar-refractivity contribution is 6.30. The first kappa shape index (κ1) is 18.6. The van der Waals surface area contributed by atoms with Crippen LogP contribution in [0.2, 0.25) is 5.02 Å². The number of para-hydroxylation sites is 1. The Labute approximate surface area is 152 Å². The molecule has 0 aliphatic carbocycles. The number of ether oxygens (including phenoxy) is 2. The topological polar surface area (TPSA) is 71.3 Å². The predicted molar refractivity (Wildman–Crippen MR) is 95.7 cm³/mol. The van der Waals surface area contributed by atoms with E-state index in [0.29, 0.717) is 36.1 Å². The van der Waals surface area contributed by atoms with Crippen molar-refractivity contribution in [2.45, 2.75) is 19.4 Å². The van der Waals surface area contributed by atoms with Crippen molar-refractivity contribution in [3.8, 4) is 17.6 Å². The number of methoxy groups -OCH3 is 1. The second kappa shape index (κ2) is 9.55. The fourth-order valence-corrected chi connectivity index (χ4v) is 2.42. The summed E-state index contributed by atoms with van der Waals surface area (Å²) in [5.74, 6) is 0.998. The molecular formula is C19H19ClN2O3. The van der Waals surface area contributed by atoms with Crippen LogP contribution in [0.15, 0.2) is 42.5 Å². The fraction of sp³-hybridized carbons (Fsp3) is 0.263. The second-order valence-corrected chi connectivity index (χ2v) is 5.73. The molecule has 6 heteroatoms. The summed E-state index contributed by atoms with van der Waals surface area (Å²) < 4.78 is 11.3. The van der Waals surface area contributed by atoms with E-state index in [2.05, 4.69) is 5.32 Å². The van der Waals surface area contributed by atoms with Gasteiger partial charge in [-0.05, 0) is 35.7 Å². The summed E-state index contributed by atoms with van der Waals surface area (Å²) >= 11 is 5.89. The van der Waals surface area contributed by atoms with Crippen LogP contribution in [0.1, 0.15) is 17.5 Å². The van der Waals surface area contributed by atoms with Crippen molar-refractivity contribution in [1.82, 2.24) is 5.32 Å². The predicted octanol–water partition coefficient (Wildman–Crippen LogP) is 3.50. The molecule has 25 heavy (non-hydrogen) atoms. The van der Waals surface area contributed by atoms with E-state index in [1.165, 1.54) is 0 Å². The van der Waals surface area contributed by atoms with Crippen LogP contribution in [0.5, 0.6) is 11.5 Å². The number of benzene rings is 2. The molecule has 5 nitrogen and oxygen atoms in total. The smallest absolute Gasteiger partial charge is 0.234 e. The third kappa shape index (κ3) is 5.70. The van der Waals surface area contributed by atoms with Gasteiger partial charge in [0.2, 0.25) is 5.91 Å². The molecule has 0 fully saturated rings. The zero-order valence-electron chi connectivity index (χ0n) is 13.9. The Kier molecular flexibility index (Phi) is 7.12. The van der Waals surface area contributed by atoms with Gasteiger partial charge in [0.05, 0.1) is 13.2 Å². The van der Waals surface area contributed by atoms with Crippen LogP contribution in [-0.4, -0.2) is 19.6 Å². The minimum atomic E-state index is -0.283. The van der Waals surface area contributed by atoms with E-state index in [1.807, 2.05) is 48.5 Å². The fourth-order valence-electron chi connectivity index (χ4n) is 2.29. The standard InChI is InChI=1S/C19H19ClN2O3/c1-24-17-4-2-3-15(10-12-22-18(23)9-11-21)19(17)25-13-14-5-7-16(20)8-6-14/h2-8H,9-10,12-13H2,1H3,(H,22,23). The maximum Gasteiger partial charge on any atom is 0.234 e. The Hall–Kier alpha value is -2.71. The highest BCUT2D eigenvalue weighted by Crippen LogP contribution is 2.32. The van der Waals surface area contributed by atoms with Crippen molar-refractivity contribution in [2.24, 2.45) is 0 Å². The Bertz CT molecular complexity index is 754. The minimum Gasteiger partial charge on any atom is -0.493 e. The van der Waals surface area contributed by atoms with Crippen molar-refractivity contribution < 1.29 is 14.3 Å². The van der Waals surface area contributed by atoms with Crippen LogP contribution < -0.4 is 14.8 Å². The van der Waals surface area contributed by atoms with E-state index >= 15 is 0 Å². The molecule has 2 aromatic carbocycles. The van der Waals surface area contributed by atoms with Gasteiger partial charge >= 0.3 is 0 Å². The van der Waals surface area contributed by atoms with Crippen molar-refractivity contribution in [3.05, 3.63) is 58.6 Å². The number of halogens is 1. The number of carbonyl (C=O) groups excluding carboxylic acids is 1. The maximum atomic E-state index is 11.4. The molecule has 1 N–H and O–H groups in total. The number of nitrogens with one attached hydrogen (secondary N) is 1. The molecule has 0 radical (unpaired) electrons. The largest absolute Gasteiger partial charge is 0.493 e. The van der Waals surface area contributed by atoms with Crippen molar-refractivity contribution >= 4 is 17.5 Å². The number of nitriles is 1. The monoisotopic (exact) mass is 358 g/mol. The van der Waals surface area contributed by atoms with Gasteiger partial charge in [0, 0.05) is 11.6 Å². The molecule has 0 heterocycles. The molecule has 2 rings (SSSR count). The van der Waals surface area contributed by atoms with Crippen molar-refractivity contribution in [3.63, 3.8) is 0 Å². The van der Waals surface area contributed by atoms with E-state index in [4.69, 9.17) is 26.3 Å². The minimum absolute atomic E-state index is 0.141. The Morgan fingerprint density at radius 2 is 2.00 bits per heavy atom. The molecule has 1 amide bonds. The van der Waals surface area contributed by atoms with Gasteiger partial charge < -0.3 is 14.8 Å². The van der Waals surface area contributed by atoms with E-state index in [-0.39, 0.29) is 12.3 Å². The Morgan fingerprint density at radius 1 is 1.24 bits per heavy atom. The summed E-state index contributed by atoms with van der Waals surface area (Å²) in [5.41, 5.74) is 1.91. The zero-order valence-corrected chi connectivity index (χ0v) is 14.7. The first-order chi connectivity index (χ1) is 12.1. The van der Waals surface area contributed by atoms with Crippen LogP contribution in [0.3, 0.4) is 0 Å². The van der Waals surface area contributed by atoms with Crippen LogP contribution in [0.4, 0.5) is 0 Å². The van der Waals surface area contributed by atoms with Crippen molar-refractivity contribution in [2.75, 3.05) is 13.7 Å². The van der Waals surface area contributed by atoms with Crippen LogP contribution in [0, 0.1) is 11.3 Å². The van der Waals surface area contributed by atoms with Gasteiger partial charge in [0.1, 0.15) is 13.0 Å². The number of nitrogens with zero attached hydrogens (tertiary/aromatic N) is 1. The average molecular weight is 359 g/mol. The summed E-state index contributed by atoms with van der Waals surface area (Å²) in [5, 5.41) is 11.9. The zero-order chi connectivity index (χ0) is 18.1. The van der Waals surface area contributed by atoms with Gasteiger partial charge in [0.25, 0.3) is 0 Å². The number of hydrogen-bond acceptors (Lipinski definition) is 4. The highest BCUT2D eigenvalue weighted by atomic mass is 35.5. The third-order valence-corrected chi connectivity index (χ3v) is 3.78.